The van der Waals surface area contributed by atoms with Crippen molar-refractivity contribution in [3.05, 3.63) is 16.5 Å². The molecule has 0 unspecified atom stereocenters. The highest BCUT2D eigenvalue weighted by atomic mass is 32.1. The molecule has 2 rings (SSSR count). The van der Waals surface area contributed by atoms with E-state index in [-0.39, 0.29) is 5.91 Å². The van der Waals surface area contributed by atoms with Crippen molar-refractivity contribution in [1.82, 2.24) is 4.90 Å². The Bertz CT molecular complexity index is 406. The summed E-state index contributed by atoms with van der Waals surface area (Å²) in [7, 11) is 3.53. The lowest BCUT2D eigenvalue weighted by molar-refractivity contribution is 0.0829. The van der Waals surface area contributed by atoms with Crippen molar-refractivity contribution in [2.75, 3.05) is 19.8 Å². The molecular formula is C13H20N2OS. The smallest absolute Gasteiger partial charge is 0.256 e. The lowest BCUT2D eigenvalue weighted by Crippen LogP contribution is -2.21. The number of hydrogen-bond donors (Lipinski definition) is 1. The van der Waals surface area contributed by atoms with Crippen LogP contribution in [0.4, 0.5) is 5.00 Å². The van der Waals surface area contributed by atoms with Crippen LogP contribution in [0.2, 0.25) is 0 Å². The monoisotopic (exact) mass is 252 g/mol. The van der Waals surface area contributed by atoms with Gasteiger partial charge in [0.05, 0.1) is 10.6 Å². The number of amides is 1. The molecule has 94 valence electrons. The highest BCUT2D eigenvalue weighted by Gasteiger charge is 2.22. The van der Waals surface area contributed by atoms with Crippen molar-refractivity contribution < 1.29 is 4.79 Å². The van der Waals surface area contributed by atoms with E-state index in [4.69, 9.17) is 5.73 Å². The maximum Gasteiger partial charge on any atom is 0.256 e. The Morgan fingerprint density at radius 1 is 1.35 bits per heavy atom. The SMILES string of the molecule is CN(C)C(=O)c1cc(C2CCCCC2)sc1N. The Kier molecular flexibility index (Phi) is 3.72. The predicted octanol–water partition coefficient (Wildman–Crippen LogP) is 3.08. The zero-order valence-electron chi connectivity index (χ0n) is 10.5. The highest BCUT2D eigenvalue weighted by molar-refractivity contribution is 7.16. The van der Waals surface area contributed by atoms with Crippen LogP contribution in [0.3, 0.4) is 0 Å². The summed E-state index contributed by atoms with van der Waals surface area (Å²) in [5.74, 6) is 0.639. The Morgan fingerprint density at radius 3 is 2.59 bits per heavy atom. The van der Waals surface area contributed by atoms with Crippen LogP contribution < -0.4 is 5.73 Å². The Hall–Kier alpha value is -1.03. The van der Waals surface area contributed by atoms with Gasteiger partial charge in [-0.05, 0) is 24.8 Å². The summed E-state index contributed by atoms with van der Waals surface area (Å²) in [5, 5.41) is 0.671. The fraction of sp³-hybridized carbons (Fsp3) is 0.615. The van der Waals surface area contributed by atoms with Crippen molar-refractivity contribution in [3.8, 4) is 0 Å². The number of carbonyl (C=O) groups excluding carboxylic acids is 1. The molecule has 2 N–H and O–H groups in total. The van der Waals surface area contributed by atoms with Crippen molar-refractivity contribution >= 4 is 22.2 Å². The summed E-state index contributed by atoms with van der Waals surface area (Å²) in [4.78, 5) is 14.8. The zero-order chi connectivity index (χ0) is 12.4. The molecule has 0 atom stereocenters. The fourth-order valence-corrected chi connectivity index (χ4v) is 3.51. The molecular weight excluding hydrogens is 232 g/mol. The number of nitrogens with two attached hydrogens (primary N) is 1. The first-order chi connectivity index (χ1) is 8.09. The minimum Gasteiger partial charge on any atom is -0.390 e. The van der Waals surface area contributed by atoms with Crippen molar-refractivity contribution in [2.24, 2.45) is 0 Å². The van der Waals surface area contributed by atoms with Gasteiger partial charge in [-0.2, -0.15) is 0 Å². The highest BCUT2D eigenvalue weighted by Crippen LogP contribution is 2.39. The molecule has 0 aromatic carbocycles. The van der Waals surface area contributed by atoms with E-state index in [1.807, 2.05) is 6.07 Å². The largest absolute Gasteiger partial charge is 0.390 e. The van der Waals surface area contributed by atoms with Gasteiger partial charge in [0, 0.05) is 19.0 Å². The van der Waals surface area contributed by atoms with E-state index in [1.54, 1.807) is 30.3 Å². The second kappa shape index (κ2) is 5.08. The molecule has 1 fully saturated rings. The summed E-state index contributed by atoms with van der Waals surface area (Å²) in [5.41, 5.74) is 6.64. The third-order valence-electron chi connectivity index (χ3n) is 3.42. The van der Waals surface area contributed by atoms with Gasteiger partial charge in [-0.3, -0.25) is 4.79 Å². The first-order valence-electron chi connectivity index (χ1n) is 6.20. The molecule has 0 aliphatic heterocycles. The van der Waals surface area contributed by atoms with E-state index in [0.29, 0.717) is 16.5 Å². The van der Waals surface area contributed by atoms with Gasteiger partial charge in [-0.15, -0.1) is 11.3 Å². The van der Waals surface area contributed by atoms with E-state index in [0.717, 1.165) is 0 Å². The average molecular weight is 252 g/mol. The van der Waals surface area contributed by atoms with Gasteiger partial charge in [-0.25, -0.2) is 0 Å². The molecule has 1 amide bonds. The number of nitrogen functional groups attached to an aromatic ring is 1. The standard InChI is InChI=1S/C13H20N2OS/c1-15(2)13(16)10-8-11(17-12(10)14)9-6-4-3-5-7-9/h8-9H,3-7,14H2,1-2H3. The number of thiophene rings is 1. The van der Waals surface area contributed by atoms with Gasteiger partial charge in [0.15, 0.2) is 0 Å². The average Bonchev–Trinajstić information content (AvgIpc) is 2.71. The zero-order valence-corrected chi connectivity index (χ0v) is 11.3. The Morgan fingerprint density at radius 2 is 2.00 bits per heavy atom. The van der Waals surface area contributed by atoms with E-state index in [1.165, 1.54) is 37.0 Å². The summed E-state index contributed by atoms with van der Waals surface area (Å²) in [6.07, 6.45) is 6.45. The van der Waals surface area contributed by atoms with Crippen LogP contribution in [0.15, 0.2) is 6.07 Å². The van der Waals surface area contributed by atoms with Gasteiger partial charge in [0.1, 0.15) is 0 Å². The van der Waals surface area contributed by atoms with Crippen molar-refractivity contribution in [1.29, 1.82) is 0 Å². The van der Waals surface area contributed by atoms with Gasteiger partial charge in [-0.1, -0.05) is 19.3 Å². The van der Waals surface area contributed by atoms with Gasteiger partial charge < -0.3 is 10.6 Å². The van der Waals surface area contributed by atoms with Gasteiger partial charge in [0.25, 0.3) is 5.91 Å². The number of anilines is 1. The summed E-state index contributed by atoms with van der Waals surface area (Å²) >= 11 is 1.60. The second-order valence-corrected chi connectivity index (χ2v) is 6.08. The molecule has 1 aliphatic rings. The maximum absolute atomic E-state index is 11.9. The van der Waals surface area contributed by atoms with Crippen LogP contribution in [0.1, 0.15) is 53.3 Å². The topological polar surface area (TPSA) is 46.3 Å². The molecule has 0 radical (unpaired) electrons. The molecule has 1 aromatic rings. The normalized spacial score (nSPS) is 17.1. The summed E-state index contributed by atoms with van der Waals surface area (Å²) in [6.45, 7) is 0. The summed E-state index contributed by atoms with van der Waals surface area (Å²) < 4.78 is 0. The minimum atomic E-state index is 0.0146. The number of carbonyl (C=O) groups is 1. The van der Waals surface area contributed by atoms with Crippen molar-refractivity contribution in [3.63, 3.8) is 0 Å². The Labute approximate surface area is 107 Å². The van der Waals surface area contributed by atoms with E-state index < -0.39 is 0 Å². The molecule has 1 saturated carbocycles. The van der Waals surface area contributed by atoms with E-state index >= 15 is 0 Å². The first kappa shape index (κ1) is 12.4. The van der Waals surface area contributed by atoms with Crippen LogP contribution >= 0.6 is 11.3 Å². The lowest BCUT2D eigenvalue weighted by atomic mass is 9.88. The predicted molar refractivity (Wildman–Crippen MR) is 72.6 cm³/mol. The maximum atomic E-state index is 11.9. The fourth-order valence-electron chi connectivity index (χ4n) is 2.42. The molecule has 0 spiro atoms. The molecule has 1 heterocycles. The number of hydrogen-bond acceptors (Lipinski definition) is 3. The number of nitrogens with zero attached hydrogens (tertiary/aromatic N) is 1. The quantitative estimate of drug-likeness (QED) is 0.879. The van der Waals surface area contributed by atoms with Crippen LogP contribution in [-0.4, -0.2) is 24.9 Å². The third kappa shape index (κ3) is 2.63. The van der Waals surface area contributed by atoms with Crippen LogP contribution in [0.25, 0.3) is 0 Å². The van der Waals surface area contributed by atoms with Gasteiger partial charge >= 0.3 is 0 Å². The molecule has 0 bridgehead atoms. The molecule has 4 heteroatoms. The number of rotatable bonds is 2. The van der Waals surface area contributed by atoms with Crippen LogP contribution in [0.5, 0.6) is 0 Å². The van der Waals surface area contributed by atoms with Gasteiger partial charge in [0.2, 0.25) is 0 Å². The van der Waals surface area contributed by atoms with E-state index in [9.17, 15) is 4.79 Å². The minimum absolute atomic E-state index is 0.0146. The molecule has 1 aliphatic carbocycles. The lowest BCUT2D eigenvalue weighted by Gasteiger charge is -2.19. The third-order valence-corrected chi connectivity index (χ3v) is 4.55. The van der Waals surface area contributed by atoms with Crippen LogP contribution in [0, 0.1) is 0 Å². The molecule has 3 nitrogen and oxygen atoms in total. The van der Waals surface area contributed by atoms with Crippen LogP contribution in [-0.2, 0) is 0 Å². The molecule has 1 aromatic heterocycles. The summed E-state index contributed by atoms with van der Waals surface area (Å²) in [6, 6.07) is 2.01. The second-order valence-electron chi connectivity index (χ2n) is 4.96. The molecule has 17 heavy (non-hydrogen) atoms. The van der Waals surface area contributed by atoms with E-state index in [2.05, 4.69) is 0 Å². The van der Waals surface area contributed by atoms with Crippen molar-refractivity contribution in [2.45, 2.75) is 38.0 Å². The Balaban J connectivity index is 2.20. The first-order valence-corrected chi connectivity index (χ1v) is 7.02. The molecule has 0 saturated heterocycles.